The molecule has 1 saturated carbocycles. The number of fused-ring (bicyclic) bond motifs is 1. The number of nitro benzene ring substituents is 1. The third-order valence-electron chi connectivity index (χ3n) is 7.34. The molecule has 5 atom stereocenters. The van der Waals surface area contributed by atoms with E-state index < -0.39 is 17.1 Å². The number of urea groups is 1. The Hall–Kier alpha value is -4.01. The fourth-order valence-electron chi connectivity index (χ4n) is 5.66. The average Bonchev–Trinajstić information content (AvgIpc) is 3.13. The molecule has 180 valence electrons. The van der Waals surface area contributed by atoms with Gasteiger partial charge in [-0.1, -0.05) is 42.5 Å². The van der Waals surface area contributed by atoms with Gasteiger partial charge in [0.2, 0.25) is 11.8 Å². The molecule has 4 amide bonds. The van der Waals surface area contributed by atoms with E-state index in [2.05, 4.69) is 22.8 Å². The third-order valence-corrected chi connectivity index (χ3v) is 7.34. The number of carbonyl (C=O) groups excluding carboxylic acids is 3. The molecule has 4 aliphatic rings. The maximum atomic E-state index is 13.5. The van der Waals surface area contributed by atoms with Crippen LogP contribution in [0.2, 0.25) is 0 Å². The molecule has 6 rings (SSSR count). The van der Waals surface area contributed by atoms with Crippen LogP contribution in [0.15, 0.2) is 60.7 Å². The fourth-order valence-corrected chi connectivity index (χ4v) is 5.66. The molecular formula is C26H26N4O5. The summed E-state index contributed by atoms with van der Waals surface area (Å²) in [6.45, 7) is 1.66. The minimum absolute atomic E-state index is 0.0559. The number of allylic oxidation sites excluding steroid dienone is 2. The number of hydrogen-bond acceptors (Lipinski definition) is 5. The summed E-state index contributed by atoms with van der Waals surface area (Å²) < 4.78 is 0. The van der Waals surface area contributed by atoms with Gasteiger partial charge in [-0.15, -0.1) is 0 Å². The molecule has 2 aromatic rings. The Morgan fingerprint density at radius 1 is 1.06 bits per heavy atom. The number of amides is 4. The highest BCUT2D eigenvalue weighted by Crippen LogP contribution is 2.50. The van der Waals surface area contributed by atoms with Gasteiger partial charge in [-0.25, -0.2) is 4.79 Å². The number of benzene rings is 2. The average molecular weight is 475 g/mol. The number of imide groups is 1. The van der Waals surface area contributed by atoms with Crippen LogP contribution in [-0.2, 0) is 16.0 Å². The number of nitrogens with one attached hydrogen (secondary N) is 2. The smallest absolute Gasteiger partial charge is 0.317 e. The summed E-state index contributed by atoms with van der Waals surface area (Å²) >= 11 is 0. The van der Waals surface area contributed by atoms with E-state index >= 15 is 0 Å². The SMILES string of the molecule is Cc1cc([N+](=O)[O-])ccc1NC(=O)N[C@H](Cc1ccccc1)N1C(=O)[C@@H]2[C@@H](C1=O)[C@H]1C=C[C@H]2CC1. The second-order valence-corrected chi connectivity index (χ2v) is 9.45. The topological polar surface area (TPSA) is 122 Å². The predicted molar refractivity (Wildman–Crippen MR) is 128 cm³/mol. The van der Waals surface area contributed by atoms with Gasteiger partial charge in [0.25, 0.3) is 5.69 Å². The summed E-state index contributed by atoms with van der Waals surface area (Å²) in [4.78, 5) is 51.8. The highest BCUT2D eigenvalue weighted by molar-refractivity contribution is 6.06. The van der Waals surface area contributed by atoms with Crippen molar-refractivity contribution in [1.82, 2.24) is 10.2 Å². The van der Waals surface area contributed by atoms with Gasteiger partial charge in [-0.3, -0.25) is 24.6 Å². The molecule has 1 saturated heterocycles. The van der Waals surface area contributed by atoms with Gasteiger partial charge < -0.3 is 10.6 Å². The molecule has 35 heavy (non-hydrogen) atoms. The van der Waals surface area contributed by atoms with Crippen molar-refractivity contribution in [1.29, 1.82) is 0 Å². The first-order chi connectivity index (χ1) is 16.8. The molecule has 0 aromatic heterocycles. The summed E-state index contributed by atoms with van der Waals surface area (Å²) in [5, 5.41) is 16.5. The zero-order valence-corrected chi connectivity index (χ0v) is 19.2. The zero-order chi connectivity index (χ0) is 24.7. The minimum atomic E-state index is -0.860. The van der Waals surface area contributed by atoms with Crippen LogP contribution < -0.4 is 10.6 Å². The van der Waals surface area contributed by atoms with E-state index in [1.54, 1.807) is 6.92 Å². The first kappa shape index (κ1) is 22.8. The second kappa shape index (κ2) is 8.98. The third kappa shape index (κ3) is 4.18. The number of aryl methyl sites for hydroxylation is 1. The molecule has 0 unspecified atom stereocenters. The zero-order valence-electron chi connectivity index (χ0n) is 19.2. The summed E-state index contributed by atoms with van der Waals surface area (Å²) in [6.07, 6.45) is 5.33. The maximum absolute atomic E-state index is 13.5. The van der Waals surface area contributed by atoms with Gasteiger partial charge in [0.05, 0.1) is 16.8 Å². The molecule has 2 N–H and O–H groups in total. The van der Waals surface area contributed by atoms with Gasteiger partial charge in [0.1, 0.15) is 6.17 Å². The Balaban J connectivity index is 1.39. The lowest BCUT2D eigenvalue weighted by molar-refractivity contribution is -0.384. The quantitative estimate of drug-likeness (QED) is 0.286. The number of nitrogens with zero attached hydrogens (tertiary/aromatic N) is 2. The van der Waals surface area contributed by atoms with Gasteiger partial charge in [0, 0.05) is 24.2 Å². The van der Waals surface area contributed by atoms with Crippen LogP contribution in [0, 0.1) is 40.7 Å². The second-order valence-electron chi connectivity index (χ2n) is 9.45. The molecular weight excluding hydrogens is 448 g/mol. The summed E-state index contributed by atoms with van der Waals surface area (Å²) in [5.74, 6) is -1.09. The summed E-state index contributed by atoms with van der Waals surface area (Å²) in [5.41, 5.74) is 1.73. The number of non-ortho nitro benzene ring substituents is 1. The van der Waals surface area contributed by atoms with Crippen LogP contribution in [0.4, 0.5) is 16.2 Å². The molecule has 0 spiro atoms. The van der Waals surface area contributed by atoms with E-state index in [1.807, 2.05) is 30.3 Å². The van der Waals surface area contributed by atoms with Crippen molar-refractivity contribution >= 4 is 29.2 Å². The Kier molecular flexibility index (Phi) is 5.84. The molecule has 3 aliphatic carbocycles. The molecule has 9 heteroatoms. The number of carbonyl (C=O) groups is 3. The Morgan fingerprint density at radius 2 is 1.69 bits per heavy atom. The normalized spacial score (nSPS) is 25.3. The van der Waals surface area contributed by atoms with E-state index in [4.69, 9.17) is 0 Å². The molecule has 0 radical (unpaired) electrons. The van der Waals surface area contributed by atoms with E-state index in [0.29, 0.717) is 11.3 Å². The Labute approximate surface area is 202 Å². The van der Waals surface area contributed by atoms with Crippen LogP contribution in [-0.4, -0.2) is 33.8 Å². The molecule has 2 bridgehead atoms. The number of nitro groups is 1. The van der Waals surface area contributed by atoms with Crippen molar-refractivity contribution in [3.63, 3.8) is 0 Å². The molecule has 9 nitrogen and oxygen atoms in total. The van der Waals surface area contributed by atoms with Crippen molar-refractivity contribution in [3.05, 3.63) is 81.9 Å². The lowest BCUT2D eigenvalue weighted by Crippen LogP contribution is -2.53. The lowest BCUT2D eigenvalue weighted by atomic mass is 9.63. The van der Waals surface area contributed by atoms with Gasteiger partial charge in [-0.2, -0.15) is 0 Å². The number of likely N-dealkylation sites (tertiary alicyclic amines) is 1. The van der Waals surface area contributed by atoms with E-state index in [0.717, 1.165) is 18.4 Å². The highest BCUT2D eigenvalue weighted by atomic mass is 16.6. The van der Waals surface area contributed by atoms with Gasteiger partial charge in [-0.05, 0) is 48.8 Å². The Bertz CT molecular complexity index is 1200. The molecule has 1 heterocycles. The van der Waals surface area contributed by atoms with Gasteiger partial charge >= 0.3 is 6.03 Å². The number of rotatable bonds is 6. The Morgan fingerprint density at radius 3 is 2.23 bits per heavy atom. The van der Waals surface area contributed by atoms with Crippen molar-refractivity contribution in [2.75, 3.05) is 5.32 Å². The van der Waals surface area contributed by atoms with E-state index in [-0.39, 0.29) is 47.6 Å². The van der Waals surface area contributed by atoms with Crippen LogP contribution in [0.25, 0.3) is 0 Å². The first-order valence-corrected chi connectivity index (χ1v) is 11.7. The standard InChI is InChI=1S/C26H26N4O5/c1-15-13-19(30(34)35)11-12-20(15)27-26(33)28-21(14-16-5-3-2-4-6-16)29-24(31)22-17-7-8-18(10-9-17)23(22)25(29)32/h2-8,11-13,17-18,21-23H,9-10,14H2,1H3,(H2,27,28,33)/t17-,18-,21-,22-,23-/m0/s1. The van der Waals surface area contributed by atoms with Crippen LogP contribution in [0.1, 0.15) is 24.0 Å². The molecule has 1 aliphatic heterocycles. The molecule has 2 aromatic carbocycles. The maximum Gasteiger partial charge on any atom is 0.320 e. The van der Waals surface area contributed by atoms with Crippen molar-refractivity contribution in [2.45, 2.75) is 32.4 Å². The first-order valence-electron chi connectivity index (χ1n) is 11.7. The van der Waals surface area contributed by atoms with E-state index in [9.17, 15) is 24.5 Å². The lowest BCUT2D eigenvalue weighted by Gasteiger charge is -2.38. The van der Waals surface area contributed by atoms with Crippen LogP contribution in [0.5, 0.6) is 0 Å². The molecule has 2 fully saturated rings. The largest absolute Gasteiger partial charge is 0.320 e. The number of anilines is 1. The summed E-state index contributed by atoms with van der Waals surface area (Å²) in [6, 6.07) is 12.9. The van der Waals surface area contributed by atoms with Crippen molar-refractivity contribution in [3.8, 4) is 0 Å². The minimum Gasteiger partial charge on any atom is -0.317 e. The number of hydrogen-bond donors (Lipinski definition) is 2. The monoisotopic (exact) mass is 474 g/mol. The van der Waals surface area contributed by atoms with Crippen LogP contribution >= 0.6 is 0 Å². The predicted octanol–water partition coefficient (Wildman–Crippen LogP) is 3.79. The van der Waals surface area contributed by atoms with Crippen molar-refractivity contribution in [2.24, 2.45) is 23.7 Å². The van der Waals surface area contributed by atoms with E-state index in [1.165, 1.54) is 23.1 Å². The van der Waals surface area contributed by atoms with Crippen LogP contribution in [0.3, 0.4) is 0 Å². The summed E-state index contributed by atoms with van der Waals surface area (Å²) in [7, 11) is 0. The highest BCUT2D eigenvalue weighted by Gasteiger charge is 2.58. The van der Waals surface area contributed by atoms with Crippen molar-refractivity contribution < 1.29 is 19.3 Å². The van der Waals surface area contributed by atoms with Gasteiger partial charge in [0.15, 0.2) is 0 Å². The fraction of sp³-hybridized carbons (Fsp3) is 0.346.